The summed E-state index contributed by atoms with van der Waals surface area (Å²) < 4.78 is 5.80. The summed E-state index contributed by atoms with van der Waals surface area (Å²) in [5.41, 5.74) is 1.51. The third-order valence-electron chi connectivity index (χ3n) is 5.39. The number of aliphatic hydroxyl groups excluding tert-OH is 1. The minimum absolute atomic E-state index is 0.0365. The molecule has 3 heterocycles. The number of Topliss-reactive ketones (excluding diaryl/α,β-unsaturated/α-hetero) is 1. The smallest absolute Gasteiger partial charge is 0.290 e. The highest BCUT2D eigenvalue weighted by Gasteiger charge is 2.45. The number of hydrogen-bond donors (Lipinski definition) is 1. The van der Waals surface area contributed by atoms with Crippen LogP contribution in [0.1, 0.15) is 32.9 Å². The number of rotatable bonds is 7. The molecule has 1 atom stereocenters. The summed E-state index contributed by atoms with van der Waals surface area (Å²) in [6.07, 6.45) is 0. The summed E-state index contributed by atoms with van der Waals surface area (Å²) in [5.74, 6) is -0.382. The molecule has 2 aromatic heterocycles. The largest absolute Gasteiger partial charge is 0.503 e. The number of carbonyl (C=O) groups is 2. The number of benzene rings is 1. The monoisotopic (exact) mass is 451 g/mol. The Morgan fingerprint density at radius 2 is 1.91 bits per heavy atom. The third-order valence-corrected chi connectivity index (χ3v) is 6.60. The van der Waals surface area contributed by atoms with E-state index in [1.165, 1.54) is 16.2 Å². The van der Waals surface area contributed by atoms with E-state index in [0.29, 0.717) is 40.2 Å². The summed E-state index contributed by atoms with van der Waals surface area (Å²) in [5, 5.41) is 11.5. The normalized spacial score (nSPS) is 16.5. The van der Waals surface area contributed by atoms with Crippen LogP contribution >= 0.6 is 11.3 Å². The second-order valence-electron chi connectivity index (χ2n) is 8.04. The Morgan fingerprint density at radius 1 is 1.19 bits per heavy atom. The van der Waals surface area contributed by atoms with E-state index in [9.17, 15) is 14.7 Å². The van der Waals surface area contributed by atoms with E-state index in [1.807, 2.05) is 49.3 Å². The molecule has 4 rings (SSSR count). The lowest BCUT2D eigenvalue weighted by atomic mass is 9.99. The number of aryl methyl sites for hydroxylation is 2. The predicted molar refractivity (Wildman–Crippen MR) is 123 cm³/mol. The van der Waals surface area contributed by atoms with E-state index < -0.39 is 23.5 Å². The molecular weight excluding hydrogens is 426 g/mol. The number of aromatic nitrogens is 1. The minimum Gasteiger partial charge on any atom is -0.503 e. The van der Waals surface area contributed by atoms with Gasteiger partial charge < -0.3 is 19.3 Å². The number of thiazole rings is 1. The van der Waals surface area contributed by atoms with Crippen LogP contribution in [-0.2, 0) is 4.79 Å². The number of carbonyl (C=O) groups excluding carboxylic acids is 2. The molecule has 1 N–H and O–H groups in total. The van der Waals surface area contributed by atoms with Crippen LogP contribution in [0.5, 0.6) is 0 Å². The van der Waals surface area contributed by atoms with E-state index in [2.05, 4.69) is 4.98 Å². The van der Waals surface area contributed by atoms with Gasteiger partial charge in [-0.25, -0.2) is 4.98 Å². The molecule has 8 heteroatoms. The minimum atomic E-state index is -0.787. The van der Waals surface area contributed by atoms with Gasteiger partial charge in [-0.2, -0.15) is 0 Å². The Morgan fingerprint density at radius 3 is 2.53 bits per heavy atom. The molecule has 0 bridgehead atoms. The van der Waals surface area contributed by atoms with Gasteiger partial charge in [0.2, 0.25) is 5.78 Å². The number of ketones is 1. The van der Waals surface area contributed by atoms with Gasteiger partial charge in [-0.05, 0) is 40.1 Å². The van der Waals surface area contributed by atoms with Crippen molar-refractivity contribution in [3.63, 3.8) is 0 Å². The van der Waals surface area contributed by atoms with Crippen molar-refractivity contribution in [1.82, 2.24) is 14.8 Å². The average molecular weight is 452 g/mol. The number of hydrogen-bond acceptors (Lipinski definition) is 7. The average Bonchev–Trinajstić information content (AvgIpc) is 3.44. The quantitative estimate of drug-likeness (QED) is 0.543. The molecule has 0 spiro atoms. The van der Waals surface area contributed by atoms with Crippen molar-refractivity contribution in [1.29, 1.82) is 0 Å². The molecule has 0 unspecified atom stereocenters. The van der Waals surface area contributed by atoms with Crippen LogP contribution < -0.4 is 0 Å². The molecular formula is C24H25N3O4S. The van der Waals surface area contributed by atoms with Crippen LogP contribution in [0.15, 0.2) is 58.2 Å². The highest BCUT2D eigenvalue weighted by Crippen LogP contribution is 2.41. The molecule has 32 heavy (non-hydrogen) atoms. The van der Waals surface area contributed by atoms with Crippen LogP contribution in [-0.4, -0.2) is 58.8 Å². The summed E-state index contributed by atoms with van der Waals surface area (Å²) in [4.78, 5) is 35.0. The Balaban J connectivity index is 1.75. The fraction of sp³-hybridized carbons (Fsp3) is 0.292. The third kappa shape index (κ3) is 3.99. The second kappa shape index (κ2) is 8.72. The number of aliphatic hydroxyl groups is 1. The van der Waals surface area contributed by atoms with E-state index >= 15 is 0 Å². The van der Waals surface area contributed by atoms with Crippen LogP contribution in [0.3, 0.4) is 0 Å². The van der Waals surface area contributed by atoms with E-state index in [1.54, 1.807) is 26.0 Å². The predicted octanol–water partition coefficient (Wildman–Crippen LogP) is 4.16. The molecule has 3 aromatic rings. The molecule has 1 aliphatic rings. The van der Waals surface area contributed by atoms with Crippen molar-refractivity contribution >= 4 is 23.0 Å². The number of nitrogens with zero attached hydrogens (tertiary/aromatic N) is 3. The molecule has 0 fully saturated rings. The maximum absolute atomic E-state index is 13.7. The first-order valence-corrected chi connectivity index (χ1v) is 11.1. The summed E-state index contributed by atoms with van der Waals surface area (Å²) >= 11 is 1.26. The van der Waals surface area contributed by atoms with Crippen molar-refractivity contribution in [2.45, 2.75) is 19.9 Å². The van der Waals surface area contributed by atoms with Crippen LogP contribution in [0, 0.1) is 13.8 Å². The first kappa shape index (κ1) is 22.0. The first-order valence-electron chi connectivity index (χ1n) is 10.3. The molecule has 7 nitrogen and oxygen atoms in total. The van der Waals surface area contributed by atoms with Gasteiger partial charge in [0.15, 0.2) is 5.76 Å². The van der Waals surface area contributed by atoms with Crippen LogP contribution in [0.2, 0.25) is 0 Å². The van der Waals surface area contributed by atoms with E-state index in [-0.39, 0.29) is 5.57 Å². The standard InChI is InChI=1S/C24H25N3O4S/c1-14-10-11-17(31-14)19-18(21(29)24(30)27(19)13-12-26(3)4)20(28)22-15(2)25-23(32-22)16-8-6-5-7-9-16/h5-11,19,29H,12-13H2,1-4H3/t19-/m0/s1. The van der Waals surface area contributed by atoms with Gasteiger partial charge in [0.1, 0.15) is 22.6 Å². The van der Waals surface area contributed by atoms with Gasteiger partial charge in [0.25, 0.3) is 5.91 Å². The summed E-state index contributed by atoms with van der Waals surface area (Å²) in [6, 6.07) is 12.3. The topological polar surface area (TPSA) is 86.9 Å². The fourth-order valence-electron chi connectivity index (χ4n) is 3.75. The lowest BCUT2D eigenvalue weighted by Crippen LogP contribution is -2.36. The van der Waals surface area contributed by atoms with Crippen molar-refractivity contribution < 1.29 is 19.1 Å². The number of amides is 1. The molecule has 166 valence electrons. The van der Waals surface area contributed by atoms with Gasteiger partial charge in [0.05, 0.1) is 16.1 Å². The van der Waals surface area contributed by atoms with Crippen LogP contribution in [0.4, 0.5) is 0 Å². The van der Waals surface area contributed by atoms with Gasteiger partial charge >= 0.3 is 0 Å². The Kier molecular flexibility index (Phi) is 5.99. The highest BCUT2D eigenvalue weighted by molar-refractivity contribution is 7.17. The van der Waals surface area contributed by atoms with Crippen LogP contribution in [0.25, 0.3) is 10.6 Å². The van der Waals surface area contributed by atoms with Crippen molar-refractivity contribution in [2.75, 3.05) is 27.2 Å². The second-order valence-corrected chi connectivity index (χ2v) is 9.04. The molecule has 1 aliphatic heterocycles. The van der Waals surface area contributed by atoms with Crippen molar-refractivity contribution in [3.05, 3.63) is 75.9 Å². The zero-order valence-electron chi connectivity index (χ0n) is 18.5. The zero-order chi connectivity index (χ0) is 23.0. The summed E-state index contributed by atoms with van der Waals surface area (Å²) in [6.45, 7) is 4.48. The maximum Gasteiger partial charge on any atom is 0.290 e. The van der Waals surface area contributed by atoms with Gasteiger partial charge in [-0.1, -0.05) is 30.3 Å². The Bertz CT molecular complexity index is 1190. The van der Waals surface area contributed by atoms with Crippen molar-refractivity contribution in [3.8, 4) is 10.6 Å². The van der Waals surface area contributed by atoms with Gasteiger partial charge in [-0.15, -0.1) is 11.3 Å². The fourth-order valence-corrected chi connectivity index (χ4v) is 4.78. The SMILES string of the molecule is Cc1ccc([C@H]2C(C(=O)c3sc(-c4ccccc4)nc3C)=C(O)C(=O)N2CCN(C)C)o1. The Hall–Kier alpha value is -3.23. The summed E-state index contributed by atoms with van der Waals surface area (Å²) in [7, 11) is 3.80. The first-order chi connectivity index (χ1) is 15.3. The number of likely N-dealkylation sites (N-methyl/N-ethyl adjacent to an activating group) is 1. The molecule has 0 saturated heterocycles. The van der Waals surface area contributed by atoms with Crippen molar-refractivity contribution in [2.24, 2.45) is 0 Å². The highest BCUT2D eigenvalue weighted by atomic mass is 32.1. The molecule has 0 saturated carbocycles. The molecule has 1 aromatic carbocycles. The molecule has 0 radical (unpaired) electrons. The van der Waals surface area contributed by atoms with Gasteiger partial charge in [-0.3, -0.25) is 9.59 Å². The molecule has 0 aliphatic carbocycles. The zero-order valence-corrected chi connectivity index (χ0v) is 19.3. The maximum atomic E-state index is 13.7. The van der Waals surface area contributed by atoms with E-state index in [4.69, 9.17) is 4.42 Å². The molecule has 1 amide bonds. The lowest BCUT2D eigenvalue weighted by molar-refractivity contribution is -0.129. The van der Waals surface area contributed by atoms with E-state index in [0.717, 1.165) is 5.56 Å². The Labute approximate surface area is 190 Å². The number of furan rings is 1. The lowest BCUT2D eigenvalue weighted by Gasteiger charge is -2.26. The van der Waals surface area contributed by atoms with Gasteiger partial charge in [0, 0.05) is 18.7 Å².